The van der Waals surface area contributed by atoms with Gasteiger partial charge < -0.3 is 5.11 Å². The molecule has 1 N–H and O–H groups in total. The van der Waals surface area contributed by atoms with E-state index in [1.54, 1.807) is 0 Å². The second kappa shape index (κ2) is 38.7. The van der Waals surface area contributed by atoms with Crippen molar-refractivity contribution in [2.24, 2.45) is 5.92 Å². The summed E-state index contributed by atoms with van der Waals surface area (Å²) < 4.78 is 0. The Bertz CT molecular complexity index is 530. The maximum Gasteiger partial charge on any atom is 0.306 e. The molecule has 2 heteroatoms. The lowest BCUT2D eigenvalue weighted by molar-refractivity contribution is -0.142. The van der Waals surface area contributed by atoms with Gasteiger partial charge in [-0.3, -0.25) is 4.79 Å². The molecular formula is C42H84O2. The first-order chi connectivity index (χ1) is 21.7. The molecule has 0 saturated carbocycles. The van der Waals surface area contributed by atoms with Crippen LogP contribution in [-0.4, -0.2) is 11.1 Å². The van der Waals surface area contributed by atoms with Crippen molar-refractivity contribution in [2.45, 2.75) is 258 Å². The Hall–Kier alpha value is -0.530. The topological polar surface area (TPSA) is 37.3 Å². The number of rotatable bonds is 39. The summed E-state index contributed by atoms with van der Waals surface area (Å²) in [6.45, 7) is 4.58. The Morgan fingerprint density at radius 1 is 0.318 bits per heavy atom. The van der Waals surface area contributed by atoms with Crippen molar-refractivity contribution in [3.05, 3.63) is 0 Å². The van der Waals surface area contributed by atoms with E-state index < -0.39 is 5.97 Å². The van der Waals surface area contributed by atoms with Crippen LogP contribution in [0.4, 0.5) is 0 Å². The Labute approximate surface area is 279 Å². The van der Waals surface area contributed by atoms with Gasteiger partial charge >= 0.3 is 5.97 Å². The van der Waals surface area contributed by atoms with Gasteiger partial charge in [0.2, 0.25) is 0 Å². The SMILES string of the molecule is CCCCCCCCCCCCCCCCCCCCCCCCCCC(CCCCCCCCCCCCCC)C(=O)O. The monoisotopic (exact) mass is 621 g/mol. The maximum absolute atomic E-state index is 11.7. The van der Waals surface area contributed by atoms with Gasteiger partial charge in [0.1, 0.15) is 0 Å². The zero-order chi connectivity index (χ0) is 32.0. The molecule has 2 nitrogen and oxygen atoms in total. The number of carboxylic acids is 1. The molecule has 0 bridgehead atoms. The normalized spacial score (nSPS) is 12.2. The first kappa shape index (κ1) is 43.5. The summed E-state index contributed by atoms with van der Waals surface area (Å²) in [4.78, 5) is 11.7. The van der Waals surface area contributed by atoms with E-state index in [1.807, 2.05) is 0 Å². The molecule has 0 aromatic rings. The van der Waals surface area contributed by atoms with Gasteiger partial charge in [0.05, 0.1) is 5.92 Å². The van der Waals surface area contributed by atoms with Crippen molar-refractivity contribution in [2.75, 3.05) is 0 Å². The predicted octanol–water partition coefficient (Wildman–Crippen LogP) is 15.6. The Morgan fingerprint density at radius 2 is 0.477 bits per heavy atom. The molecule has 1 unspecified atom stereocenters. The molecule has 0 aromatic heterocycles. The predicted molar refractivity (Wildman–Crippen MR) is 198 cm³/mol. The van der Waals surface area contributed by atoms with Crippen LogP contribution in [0.1, 0.15) is 258 Å². The standard InChI is InChI=1S/C42H84O2/c1-3-5-7-9-11-13-15-17-18-19-20-21-22-23-24-25-26-27-28-30-32-34-36-38-40-41(42(43)44)39-37-35-33-31-29-16-14-12-10-8-6-4-2/h41H,3-40H2,1-2H3,(H,43,44). The van der Waals surface area contributed by atoms with Crippen molar-refractivity contribution in [1.82, 2.24) is 0 Å². The van der Waals surface area contributed by atoms with E-state index >= 15 is 0 Å². The highest BCUT2D eigenvalue weighted by Crippen LogP contribution is 2.21. The lowest BCUT2D eigenvalue weighted by Crippen LogP contribution is -2.13. The number of unbranched alkanes of at least 4 members (excludes halogenated alkanes) is 34. The van der Waals surface area contributed by atoms with Crippen LogP contribution in [0.15, 0.2) is 0 Å². The summed E-state index contributed by atoms with van der Waals surface area (Å²) in [6.07, 6.45) is 51.7. The minimum absolute atomic E-state index is 0.0992. The smallest absolute Gasteiger partial charge is 0.306 e. The second-order valence-corrected chi connectivity index (χ2v) is 14.6. The summed E-state index contributed by atoms with van der Waals surface area (Å²) in [7, 11) is 0. The number of carboxylic acid groups (broad SMARTS) is 1. The van der Waals surface area contributed by atoms with E-state index in [9.17, 15) is 9.90 Å². The zero-order valence-electron chi connectivity index (χ0n) is 30.8. The minimum atomic E-state index is -0.554. The Balaban J connectivity index is 3.31. The van der Waals surface area contributed by atoms with Gasteiger partial charge in [-0.15, -0.1) is 0 Å². The molecule has 0 fully saturated rings. The van der Waals surface area contributed by atoms with Crippen LogP contribution in [0.5, 0.6) is 0 Å². The van der Waals surface area contributed by atoms with Crippen LogP contribution < -0.4 is 0 Å². The maximum atomic E-state index is 11.7. The van der Waals surface area contributed by atoms with E-state index in [4.69, 9.17) is 0 Å². The van der Waals surface area contributed by atoms with Crippen LogP contribution in [0.25, 0.3) is 0 Å². The zero-order valence-corrected chi connectivity index (χ0v) is 30.8. The summed E-state index contributed by atoms with van der Waals surface area (Å²) in [5, 5.41) is 9.63. The fourth-order valence-electron chi connectivity index (χ4n) is 6.98. The van der Waals surface area contributed by atoms with E-state index in [2.05, 4.69) is 13.8 Å². The molecule has 0 amide bonds. The summed E-state index contributed by atoms with van der Waals surface area (Å²) in [5.41, 5.74) is 0. The van der Waals surface area contributed by atoms with E-state index in [1.165, 1.54) is 218 Å². The molecule has 0 radical (unpaired) electrons. The first-order valence-electron chi connectivity index (χ1n) is 20.9. The van der Waals surface area contributed by atoms with Gasteiger partial charge in [-0.2, -0.15) is 0 Å². The van der Waals surface area contributed by atoms with Gasteiger partial charge in [0.15, 0.2) is 0 Å². The lowest BCUT2D eigenvalue weighted by Gasteiger charge is -2.12. The first-order valence-corrected chi connectivity index (χ1v) is 20.9. The number of hydrogen-bond acceptors (Lipinski definition) is 1. The molecule has 0 heterocycles. The molecule has 0 aliphatic carbocycles. The number of hydrogen-bond donors (Lipinski definition) is 1. The third kappa shape index (κ3) is 35.9. The third-order valence-corrected chi connectivity index (χ3v) is 10.2. The van der Waals surface area contributed by atoms with E-state index in [0.29, 0.717) is 0 Å². The lowest BCUT2D eigenvalue weighted by atomic mass is 9.94. The molecule has 0 spiro atoms. The van der Waals surface area contributed by atoms with Gasteiger partial charge in [-0.1, -0.05) is 245 Å². The number of carbonyl (C=O) groups is 1. The van der Waals surface area contributed by atoms with Crippen LogP contribution >= 0.6 is 0 Å². The van der Waals surface area contributed by atoms with Crippen LogP contribution in [-0.2, 0) is 4.79 Å². The molecular weight excluding hydrogens is 536 g/mol. The van der Waals surface area contributed by atoms with Crippen molar-refractivity contribution in [3.63, 3.8) is 0 Å². The fraction of sp³-hybridized carbons (Fsp3) is 0.976. The number of aliphatic carboxylic acids is 1. The molecule has 1 atom stereocenters. The summed E-state index contributed by atoms with van der Waals surface area (Å²) in [5.74, 6) is -0.653. The van der Waals surface area contributed by atoms with E-state index in [-0.39, 0.29) is 5.92 Å². The highest BCUT2D eigenvalue weighted by Gasteiger charge is 2.16. The van der Waals surface area contributed by atoms with Crippen LogP contribution in [0, 0.1) is 5.92 Å². The van der Waals surface area contributed by atoms with Gasteiger partial charge in [0, 0.05) is 0 Å². The second-order valence-electron chi connectivity index (χ2n) is 14.6. The third-order valence-electron chi connectivity index (χ3n) is 10.2. The molecule has 0 rings (SSSR count). The quantitative estimate of drug-likeness (QED) is 0.0694. The van der Waals surface area contributed by atoms with Crippen LogP contribution in [0.2, 0.25) is 0 Å². The molecule has 0 saturated heterocycles. The average Bonchev–Trinajstić information content (AvgIpc) is 3.02. The molecule has 0 aromatic carbocycles. The van der Waals surface area contributed by atoms with Crippen molar-refractivity contribution in [1.29, 1.82) is 0 Å². The molecule has 0 aliphatic heterocycles. The Kier molecular flexibility index (Phi) is 38.2. The Morgan fingerprint density at radius 3 is 0.636 bits per heavy atom. The van der Waals surface area contributed by atoms with Crippen LogP contribution in [0.3, 0.4) is 0 Å². The van der Waals surface area contributed by atoms with Gasteiger partial charge in [0.25, 0.3) is 0 Å². The summed E-state index contributed by atoms with van der Waals surface area (Å²) in [6, 6.07) is 0. The van der Waals surface area contributed by atoms with Crippen molar-refractivity contribution < 1.29 is 9.90 Å². The highest BCUT2D eigenvalue weighted by molar-refractivity contribution is 5.69. The van der Waals surface area contributed by atoms with Crippen molar-refractivity contribution in [3.8, 4) is 0 Å². The molecule has 44 heavy (non-hydrogen) atoms. The van der Waals surface area contributed by atoms with Crippen molar-refractivity contribution >= 4 is 5.97 Å². The summed E-state index contributed by atoms with van der Waals surface area (Å²) >= 11 is 0. The van der Waals surface area contributed by atoms with Gasteiger partial charge in [-0.25, -0.2) is 0 Å². The van der Waals surface area contributed by atoms with Gasteiger partial charge in [-0.05, 0) is 12.8 Å². The highest BCUT2D eigenvalue weighted by atomic mass is 16.4. The fourth-order valence-corrected chi connectivity index (χ4v) is 6.98. The largest absolute Gasteiger partial charge is 0.481 e. The molecule has 264 valence electrons. The van der Waals surface area contributed by atoms with E-state index in [0.717, 1.165) is 25.7 Å². The minimum Gasteiger partial charge on any atom is -0.481 e. The molecule has 0 aliphatic rings. The average molecular weight is 621 g/mol.